The molecule has 6 nitrogen and oxygen atoms in total. The highest BCUT2D eigenvalue weighted by Gasteiger charge is 2.17. The minimum absolute atomic E-state index is 0.0500. The zero-order valence-electron chi connectivity index (χ0n) is 16.8. The van der Waals surface area contributed by atoms with Crippen molar-refractivity contribution < 1.29 is 14.7 Å². The van der Waals surface area contributed by atoms with Crippen molar-refractivity contribution in [1.29, 1.82) is 0 Å². The summed E-state index contributed by atoms with van der Waals surface area (Å²) in [5.74, 6) is -0.0649. The number of ketones is 1. The molecule has 0 spiro atoms. The van der Waals surface area contributed by atoms with Gasteiger partial charge in [0.05, 0.1) is 12.1 Å². The zero-order valence-corrected chi connectivity index (χ0v) is 16.8. The summed E-state index contributed by atoms with van der Waals surface area (Å²) >= 11 is 0. The third-order valence-corrected chi connectivity index (χ3v) is 4.80. The van der Waals surface area contributed by atoms with Crippen molar-refractivity contribution in [2.24, 2.45) is 0 Å². The molecule has 3 rings (SSSR count). The summed E-state index contributed by atoms with van der Waals surface area (Å²) < 4.78 is 1.70. The molecule has 6 heteroatoms. The number of rotatable bonds is 9. The Morgan fingerprint density at radius 1 is 1.07 bits per heavy atom. The second-order valence-corrected chi connectivity index (χ2v) is 6.94. The molecule has 0 aliphatic carbocycles. The minimum atomic E-state index is -0.976. The van der Waals surface area contributed by atoms with E-state index in [2.05, 4.69) is 10.1 Å². The van der Waals surface area contributed by atoms with E-state index in [0.717, 1.165) is 24.0 Å². The van der Waals surface area contributed by atoms with Crippen LogP contribution in [-0.4, -0.2) is 31.6 Å². The fourth-order valence-corrected chi connectivity index (χ4v) is 3.24. The highest BCUT2D eigenvalue weighted by Crippen LogP contribution is 2.25. The number of nitrogens with zero attached hydrogens (tertiary/aromatic N) is 3. The molecule has 29 heavy (non-hydrogen) atoms. The van der Waals surface area contributed by atoms with Crippen LogP contribution in [0.15, 0.2) is 48.5 Å². The summed E-state index contributed by atoms with van der Waals surface area (Å²) in [6, 6.07) is 14.8. The number of hydrogen-bond donors (Lipinski definition) is 1. The van der Waals surface area contributed by atoms with E-state index in [4.69, 9.17) is 0 Å². The molecular weight excluding hydrogens is 366 g/mol. The van der Waals surface area contributed by atoms with Gasteiger partial charge < -0.3 is 5.11 Å². The highest BCUT2D eigenvalue weighted by atomic mass is 16.4. The lowest BCUT2D eigenvalue weighted by Crippen LogP contribution is -2.09. The van der Waals surface area contributed by atoms with Gasteiger partial charge in [0.25, 0.3) is 0 Å². The van der Waals surface area contributed by atoms with Gasteiger partial charge in [-0.3, -0.25) is 4.79 Å². The van der Waals surface area contributed by atoms with Crippen LogP contribution in [0, 0.1) is 0 Å². The first-order valence-electron chi connectivity index (χ1n) is 9.92. The van der Waals surface area contributed by atoms with Gasteiger partial charge in [-0.05, 0) is 29.2 Å². The number of benzene rings is 2. The van der Waals surface area contributed by atoms with Crippen LogP contribution < -0.4 is 0 Å². The highest BCUT2D eigenvalue weighted by molar-refractivity contribution is 5.96. The van der Waals surface area contributed by atoms with Gasteiger partial charge in [-0.2, -0.15) is 0 Å². The van der Waals surface area contributed by atoms with Crippen molar-refractivity contribution >= 4 is 11.8 Å². The smallest absolute Gasteiger partial charge is 0.336 e. The van der Waals surface area contributed by atoms with Crippen molar-refractivity contribution in [2.75, 3.05) is 0 Å². The fraction of sp³-hybridized carbons (Fsp3) is 0.304. The van der Waals surface area contributed by atoms with Crippen molar-refractivity contribution in [3.8, 4) is 11.1 Å². The summed E-state index contributed by atoms with van der Waals surface area (Å²) in [6.07, 6.45) is 2.84. The quantitative estimate of drug-likeness (QED) is 0.538. The number of carboxylic acids is 1. The van der Waals surface area contributed by atoms with E-state index in [0.29, 0.717) is 30.8 Å². The van der Waals surface area contributed by atoms with Crippen molar-refractivity contribution in [1.82, 2.24) is 14.8 Å². The lowest BCUT2D eigenvalue weighted by molar-refractivity contribution is 0.0697. The summed E-state index contributed by atoms with van der Waals surface area (Å²) in [4.78, 5) is 28.5. The van der Waals surface area contributed by atoms with Gasteiger partial charge in [0.15, 0.2) is 0 Å². The number of carbonyl (C=O) groups is 2. The average molecular weight is 391 g/mol. The first kappa shape index (κ1) is 20.5. The SMILES string of the molecule is CCCCC(=O)c1nc(CC)n(Cc2ccc(-c3ccccc3)c(C(=O)O)c2)n1. The second kappa shape index (κ2) is 9.28. The van der Waals surface area contributed by atoms with Gasteiger partial charge in [-0.15, -0.1) is 5.10 Å². The molecule has 0 amide bonds. The zero-order chi connectivity index (χ0) is 20.8. The Balaban J connectivity index is 1.90. The standard InChI is InChI=1S/C23H25N3O3/c1-3-5-11-20(27)22-24-21(4-2)26(25-22)15-16-12-13-18(19(14-16)23(28)29)17-9-7-6-8-10-17/h6-10,12-14H,3-5,11,15H2,1-2H3,(H,28,29). The van der Waals surface area contributed by atoms with Crippen LogP contribution in [0.4, 0.5) is 0 Å². The molecular formula is C23H25N3O3. The number of hydrogen-bond acceptors (Lipinski definition) is 4. The molecule has 0 saturated carbocycles. The molecule has 0 radical (unpaired) electrons. The van der Waals surface area contributed by atoms with E-state index in [1.165, 1.54) is 0 Å². The van der Waals surface area contributed by atoms with E-state index in [1.807, 2.05) is 56.3 Å². The Hall–Kier alpha value is -3.28. The normalized spacial score (nSPS) is 10.8. The number of unbranched alkanes of at least 4 members (excludes halogenated alkanes) is 1. The maximum absolute atomic E-state index is 12.3. The maximum atomic E-state index is 12.3. The van der Waals surface area contributed by atoms with Crippen LogP contribution in [0.2, 0.25) is 0 Å². The van der Waals surface area contributed by atoms with Gasteiger partial charge in [0.1, 0.15) is 5.82 Å². The Labute approximate surface area is 170 Å². The van der Waals surface area contributed by atoms with Crippen molar-refractivity contribution in [2.45, 2.75) is 46.1 Å². The number of Topliss-reactive ketones (excluding diaryl/α,β-unsaturated/α-hetero) is 1. The van der Waals surface area contributed by atoms with Gasteiger partial charge in [-0.25, -0.2) is 14.5 Å². The molecule has 1 aromatic heterocycles. The summed E-state index contributed by atoms with van der Waals surface area (Å²) in [5, 5.41) is 14.1. The lowest BCUT2D eigenvalue weighted by Gasteiger charge is -2.10. The fourth-order valence-electron chi connectivity index (χ4n) is 3.24. The lowest BCUT2D eigenvalue weighted by atomic mass is 9.97. The van der Waals surface area contributed by atoms with Crippen LogP contribution in [-0.2, 0) is 13.0 Å². The predicted octanol–water partition coefficient (Wildman–Crippen LogP) is 4.63. The molecule has 0 unspecified atom stereocenters. The Kier molecular flexibility index (Phi) is 6.54. The number of aromatic carboxylic acids is 1. The molecule has 1 heterocycles. The molecule has 150 valence electrons. The van der Waals surface area contributed by atoms with Crippen LogP contribution in [0.3, 0.4) is 0 Å². The summed E-state index contributed by atoms with van der Waals surface area (Å²) in [6.45, 7) is 4.37. The number of aryl methyl sites for hydroxylation is 1. The van der Waals surface area contributed by atoms with E-state index < -0.39 is 5.97 Å². The largest absolute Gasteiger partial charge is 0.478 e. The van der Waals surface area contributed by atoms with E-state index >= 15 is 0 Å². The topological polar surface area (TPSA) is 85.1 Å². The Bertz CT molecular complexity index is 1010. The van der Waals surface area contributed by atoms with Gasteiger partial charge in [0.2, 0.25) is 11.6 Å². The summed E-state index contributed by atoms with van der Waals surface area (Å²) in [7, 11) is 0. The minimum Gasteiger partial charge on any atom is -0.478 e. The molecule has 0 aliphatic rings. The molecule has 0 bridgehead atoms. The molecule has 0 aliphatic heterocycles. The third kappa shape index (κ3) is 4.77. The van der Waals surface area contributed by atoms with Gasteiger partial charge in [0, 0.05) is 12.8 Å². The number of carboxylic acid groups (broad SMARTS) is 1. The van der Waals surface area contributed by atoms with Crippen LogP contribution in [0.5, 0.6) is 0 Å². The average Bonchev–Trinajstić information content (AvgIpc) is 3.15. The molecule has 0 atom stereocenters. The van der Waals surface area contributed by atoms with E-state index in [9.17, 15) is 14.7 Å². The monoisotopic (exact) mass is 391 g/mol. The molecule has 0 saturated heterocycles. The molecule has 2 aromatic carbocycles. The van der Waals surface area contributed by atoms with E-state index in [1.54, 1.807) is 10.7 Å². The number of aromatic nitrogens is 3. The molecule has 0 fully saturated rings. The van der Waals surface area contributed by atoms with Crippen LogP contribution in [0.1, 0.15) is 65.5 Å². The van der Waals surface area contributed by atoms with Crippen molar-refractivity contribution in [3.63, 3.8) is 0 Å². The van der Waals surface area contributed by atoms with Gasteiger partial charge in [-0.1, -0.05) is 62.7 Å². The first-order valence-corrected chi connectivity index (χ1v) is 9.92. The van der Waals surface area contributed by atoms with Crippen molar-refractivity contribution in [3.05, 3.63) is 71.3 Å². The maximum Gasteiger partial charge on any atom is 0.336 e. The predicted molar refractivity (Wildman–Crippen MR) is 111 cm³/mol. The van der Waals surface area contributed by atoms with E-state index in [-0.39, 0.29) is 17.2 Å². The van der Waals surface area contributed by atoms with Gasteiger partial charge >= 0.3 is 5.97 Å². The first-order chi connectivity index (χ1) is 14.0. The third-order valence-electron chi connectivity index (χ3n) is 4.80. The number of carbonyl (C=O) groups excluding carboxylic acids is 1. The second-order valence-electron chi connectivity index (χ2n) is 6.94. The molecule has 1 N–H and O–H groups in total. The van der Waals surface area contributed by atoms with Crippen LogP contribution in [0.25, 0.3) is 11.1 Å². The molecule has 3 aromatic rings. The Morgan fingerprint density at radius 2 is 1.83 bits per heavy atom. The van der Waals surface area contributed by atoms with Crippen LogP contribution >= 0.6 is 0 Å². The Morgan fingerprint density at radius 3 is 2.48 bits per heavy atom. The summed E-state index contributed by atoms with van der Waals surface area (Å²) in [5.41, 5.74) is 2.57.